The van der Waals surface area contributed by atoms with Gasteiger partial charge in [-0.05, 0) is 32.4 Å². The third-order valence-corrected chi connectivity index (χ3v) is 3.81. The number of hydrogen-bond donors (Lipinski definition) is 0. The Hall–Kier alpha value is -1.20. The summed E-state index contributed by atoms with van der Waals surface area (Å²) in [6, 6.07) is 0. The molecule has 2 aromatic rings. The molecule has 2 aromatic heterocycles. The number of likely N-dealkylation sites (tertiary alicyclic amines) is 1. The van der Waals surface area contributed by atoms with Crippen LogP contribution in [0.4, 0.5) is 0 Å². The molecule has 0 unspecified atom stereocenters. The maximum Gasteiger partial charge on any atom is 0.164 e. The molecule has 96 valence electrons. The van der Waals surface area contributed by atoms with E-state index in [9.17, 15) is 0 Å². The minimum atomic E-state index is 0.430. The van der Waals surface area contributed by atoms with Crippen molar-refractivity contribution in [2.24, 2.45) is 5.92 Å². The zero-order chi connectivity index (χ0) is 12.5. The van der Waals surface area contributed by atoms with E-state index in [0.29, 0.717) is 16.6 Å². The molecule has 3 rings (SSSR count). The summed E-state index contributed by atoms with van der Waals surface area (Å²) in [5.41, 5.74) is 1.53. The third-order valence-electron chi connectivity index (χ3n) is 3.53. The van der Waals surface area contributed by atoms with Crippen molar-refractivity contribution in [2.75, 3.05) is 20.1 Å². The molecule has 0 saturated carbocycles. The van der Waals surface area contributed by atoms with Crippen LogP contribution in [0.2, 0.25) is 5.15 Å². The van der Waals surface area contributed by atoms with Crippen molar-refractivity contribution in [3.05, 3.63) is 17.8 Å². The number of imidazole rings is 1. The van der Waals surface area contributed by atoms with Crippen molar-refractivity contribution in [2.45, 2.75) is 19.4 Å². The average Bonchev–Trinajstić information content (AvgIpc) is 2.74. The van der Waals surface area contributed by atoms with Crippen LogP contribution in [0.1, 0.15) is 12.8 Å². The van der Waals surface area contributed by atoms with Crippen LogP contribution in [0, 0.1) is 5.92 Å². The monoisotopic (exact) mass is 265 g/mol. The first-order valence-corrected chi connectivity index (χ1v) is 6.61. The summed E-state index contributed by atoms with van der Waals surface area (Å²) in [5, 5.41) is 0.430. The Kier molecular flexibility index (Phi) is 3.18. The van der Waals surface area contributed by atoms with Crippen molar-refractivity contribution in [3.8, 4) is 0 Å². The molecule has 6 heteroatoms. The number of hydrogen-bond acceptors (Lipinski definition) is 4. The molecule has 1 fully saturated rings. The molecule has 1 atom stereocenters. The second-order valence-electron chi connectivity index (χ2n) is 5.00. The van der Waals surface area contributed by atoms with Crippen molar-refractivity contribution in [1.29, 1.82) is 0 Å². The fourth-order valence-electron chi connectivity index (χ4n) is 2.69. The van der Waals surface area contributed by atoms with Gasteiger partial charge in [0.15, 0.2) is 10.8 Å². The van der Waals surface area contributed by atoms with Crippen LogP contribution in [0.5, 0.6) is 0 Å². The second kappa shape index (κ2) is 4.82. The van der Waals surface area contributed by atoms with E-state index >= 15 is 0 Å². The van der Waals surface area contributed by atoms with Gasteiger partial charge in [-0.1, -0.05) is 11.6 Å². The summed E-state index contributed by atoms with van der Waals surface area (Å²) in [4.78, 5) is 14.9. The lowest BCUT2D eigenvalue weighted by Crippen LogP contribution is -2.34. The molecule has 0 aliphatic carbocycles. The number of piperidine rings is 1. The molecule has 0 bridgehead atoms. The van der Waals surface area contributed by atoms with Crippen molar-refractivity contribution in [1.82, 2.24) is 24.4 Å². The fraction of sp³-hybridized carbons (Fsp3) is 0.583. The highest BCUT2D eigenvalue weighted by Gasteiger charge is 2.19. The molecule has 0 radical (unpaired) electrons. The Morgan fingerprint density at radius 1 is 1.39 bits per heavy atom. The number of nitrogens with zero attached hydrogens (tertiary/aromatic N) is 5. The SMILES string of the molecule is CN1CCC[C@H](Cn2cnc3c(Cl)ncnc32)C1. The van der Waals surface area contributed by atoms with E-state index in [4.69, 9.17) is 11.6 Å². The maximum atomic E-state index is 6.00. The fourth-order valence-corrected chi connectivity index (χ4v) is 2.86. The van der Waals surface area contributed by atoms with Gasteiger partial charge in [0, 0.05) is 13.1 Å². The van der Waals surface area contributed by atoms with Gasteiger partial charge < -0.3 is 9.47 Å². The van der Waals surface area contributed by atoms with Crippen LogP contribution in [-0.4, -0.2) is 44.6 Å². The number of aromatic nitrogens is 4. The van der Waals surface area contributed by atoms with E-state index in [1.807, 2.05) is 6.33 Å². The molecule has 3 heterocycles. The average molecular weight is 266 g/mol. The first-order chi connectivity index (χ1) is 8.74. The molecule has 0 aromatic carbocycles. The number of rotatable bonds is 2. The minimum absolute atomic E-state index is 0.430. The van der Waals surface area contributed by atoms with Crippen molar-refractivity contribution < 1.29 is 0 Å². The molecule has 1 aliphatic heterocycles. The van der Waals surface area contributed by atoms with Crippen LogP contribution >= 0.6 is 11.6 Å². The Morgan fingerprint density at radius 2 is 2.28 bits per heavy atom. The zero-order valence-electron chi connectivity index (χ0n) is 10.4. The lowest BCUT2D eigenvalue weighted by Gasteiger charge is -2.29. The summed E-state index contributed by atoms with van der Waals surface area (Å²) < 4.78 is 2.09. The highest BCUT2D eigenvalue weighted by molar-refractivity contribution is 6.33. The summed E-state index contributed by atoms with van der Waals surface area (Å²) in [6.45, 7) is 3.29. The smallest absolute Gasteiger partial charge is 0.164 e. The first kappa shape index (κ1) is 11.9. The van der Waals surface area contributed by atoms with Gasteiger partial charge >= 0.3 is 0 Å². The van der Waals surface area contributed by atoms with Gasteiger partial charge in [-0.15, -0.1) is 0 Å². The van der Waals surface area contributed by atoms with E-state index in [1.54, 1.807) is 0 Å². The molecule has 1 aliphatic rings. The molecule has 0 spiro atoms. The summed E-state index contributed by atoms with van der Waals surface area (Å²) in [7, 11) is 2.18. The van der Waals surface area contributed by atoms with E-state index < -0.39 is 0 Å². The van der Waals surface area contributed by atoms with Crippen LogP contribution in [0.3, 0.4) is 0 Å². The normalized spacial score (nSPS) is 21.6. The molecular formula is C12H16ClN5. The van der Waals surface area contributed by atoms with E-state index in [1.165, 1.54) is 25.7 Å². The van der Waals surface area contributed by atoms with Crippen LogP contribution < -0.4 is 0 Å². The summed E-state index contributed by atoms with van der Waals surface area (Å²) in [5.74, 6) is 0.662. The van der Waals surface area contributed by atoms with Gasteiger partial charge in [0.05, 0.1) is 6.33 Å². The van der Waals surface area contributed by atoms with Gasteiger partial charge in [-0.3, -0.25) is 0 Å². The maximum absolute atomic E-state index is 6.00. The topological polar surface area (TPSA) is 46.8 Å². The molecule has 0 N–H and O–H groups in total. The molecule has 1 saturated heterocycles. The standard InChI is InChI=1S/C12H16ClN5/c1-17-4-2-3-9(5-17)6-18-8-16-10-11(13)14-7-15-12(10)18/h7-9H,2-6H2,1H3/t9-/m0/s1. The molecule has 5 nitrogen and oxygen atoms in total. The third kappa shape index (κ3) is 2.20. The first-order valence-electron chi connectivity index (χ1n) is 6.24. The Morgan fingerprint density at radius 3 is 3.11 bits per heavy atom. The van der Waals surface area contributed by atoms with Crippen molar-refractivity contribution >= 4 is 22.8 Å². The predicted molar refractivity (Wildman–Crippen MR) is 70.6 cm³/mol. The summed E-state index contributed by atoms with van der Waals surface area (Å²) >= 11 is 6.00. The van der Waals surface area contributed by atoms with Gasteiger partial charge in [0.25, 0.3) is 0 Å². The quantitative estimate of drug-likeness (QED) is 0.777. The van der Waals surface area contributed by atoms with E-state index in [2.05, 4.69) is 31.5 Å². The van der Waals surface area contributed by atoms with Gasteiger partial charge in [-0.2, -0.15) is 0 Å². The highest BCUT2D eigenvalue weighted by Crippen LogP contribution is 2.21. The van der Waals surface area contributed by atoms with E-state index in [-0.39, 0.29) is 0 Å². The largest absolute Gasteiger partial charge is 0.315 e. The second-order valence-corrected chi connectivity index (χ2v) is 5.36. The Balaban J connectivity index is 1.84. The molecule has 0 amide bonds. The van der Waals surface area contributed by atoms with Gasteiger partial charge in [-0.25, -0.2) is 15.0 Å². The van der Waals surface area contributed by atoms with Crippen LogP contribution in [0.15, 0.2) is 12.7 Å². The highest BCUT2D eigenvalue weighted by atomic mass is 35.5. The van der Waals surface area contributed by atoms with Gasteiger partial charge in [0.2, 0.25) is 0 Å². The number of halogens is 1. The lowest BCUT2D eigenvalue weighted by molar-refractivity contribution is 0.195. The van der Waals surface area contributed by atoms with Crippen LogP contribution in [0.25, 0.3) is 11.2 Å². The minimum Gasteiger partial charge on any atom is -0.315 e. The lowest BCUT2D eigenvalue weighted by atomic mass is 9.98. The van der Waals surface area contributed by atoms with Gasteiger partial charge in [0.1, 0.15) is 11.8 Å². The van der Waals surface area contributed by atoms with Crippen LogP contribution in [-0.2, 0) is 6.54 Å². The predicted octanol–water partition coefficient (Wildman–Crippen LogP) is 1.82. The Bertz CT molecular complexity index is 552. The van der Waals surface area contributed by atoms with E-state index in [0.717, 1.165) is 18.7 Å². The summed E-state index contributed by atoms with van der Waals surface area (Å²) in [6.07, 6.45) is 5.85. The number of fused-ring (bicyclic) bond motifs is 1. The molecule has 18 heavy (non-hydrogen) atoms. The zero-order valence-corrected chi connectivity index (χ0v) is 11.1. The molecular weight excluding hydrogens is 250 g/mol. The Labute approximate surface area is 111 Å². The van der Waals surface area contributed by atoms with Crippen molar-refractivity contribution in [3.63, 3.8) is 0 Å².